The summed E-state index contributed by atoms with van der Waals surface area (Å²) in [6.07, 6.45) is 4.81. The van der Waals surface area contributed by atoms with E-state index in [1.165, 1.54) is 29.3 Å². The summed E-state index contributed by atoms with van der Waals surface area (Å²) >= 11 is 0.281. The van der Waals surface area contributed by atoms with Crippen molar-refractivity contribution < 1.29 is 18.0 Å². The van der Waals surface area contributed by atoms with Crippen molar-refractivity contribution >= 4 is 17.7 Å². The SMILES string of the molecule is CN(CCCCCc1cc(-c2ccc(F)cc2)n[nH]1)C(=O)c1cccnc1SC(F)F. The third-order valence-corrected chi connectivity index (χ3v) is 5.49. The van der Waals surface area contributed by atoms with Crippen LogP contribution in [0.4, 0.5) is 13.2 Å². The number of halogens is 3. The summed E-state index contributed by atoms with van der Waals surface area (Å²) in [6.45, 7) is 0.524. The molecule has 1 amide bonds. The monoisotopic (exact) mass is 448 g/mol. The van der Waals surface area contributed by atoms with Gasteiger partial charge in [-0.1, -0.05) is 6.42 Å². The number of aromatic amines is 1. The molecule has 2 heterocycles. The van der Waals surface area contributed by atoms with E-state index in [0.717, 1.165) is 42.6 Å². The Bertz CT molecular complexity index is 994. The van der Waals surface area contributed by atoms with E-state index < -0.39 is 5.76 Å². The number of rotatable bonds is 10. The number of hydrogen-bond acceptors (Lipinski definition) is 4. The van der Waals surface area contributed by atoms with Crippen molar-refractivity contribution in [3.63, 3.8) is 0 Å². The van der Waals surface area contributed by atoms with E-state index in [4.69, 9.17) is 0 Å². The second kappa shape index (κ2) is 11.0. The van der Waals surface area contributed by atoms with Gasteiger partial charge in [-0.3, -0.25) is 9.89 Å². The van der Waals surface area contributed by atoms with Crippen LogP contribution in [0.1, 0.15) is 35.3 Å². The molecule has 5 nitrogen and oxygen atoms in total. The highest BCUT2D eigenvalue weighted by molar-refractivity contribution is 7.99. The van der Waals surface area contributed by atoms with Gasteiger partial charge in [-0.05, 0) is 73.5 Å². The normalized spacial score (nSPS) is 11.1. The van der Waals surface area contributed by atoms with Gasteiger partial charge >= 0.3 is 0 Å². The van der Waals surface area contributed by atoms with Gasteiger partial charge in [-0.15, -0.1) is 0 Å². The van der Waals surface area contributed by atoms with E-state index in [2.05, 4.69) is 15.2 Å². The molecule has 0 fully saturated rings. The lowest BCUT2D eigenvalue weighted by Crippen LogP contribution is -2.28. The molecule has 0 unspecified atom stereocenters. The predicted octanol–water partition coefficient (Wildman–Crippen LogP) is 5.41. The molecule has 0 radical (unpaired) electrons. The van der Waals surface area contributed by atoms with Gasteiger partial charge in [0, 0.05) is 31.0 Å². The summed E-state index contributed by atoms with van der Waals surface area (Å²) in [6, 6.07) is 11.2. The van der Waals surface area contributed by atoms with Crippen LogP contribution in [0, 0.1) is 5.82 Å². The van der Waals surface area contributed by atoms with Gasteiger partial charge in [0.15, 0.2) is 0 Å². The maximum Gasteiger partial charge on any atom is 0.290 e. The first-order valence-corrected chi connectivity index (χ1v) is 10.8. The minimum absolute atomic E-state index is 0.0468. The second-order valence-electron chi connectivity index (χ2n) is 7.06. The van der Waals surface area contributed by atoms with Crippen LogP contribution in [0.5, 0.6) is 0 Å². The fourth-order valence-corrected chi connectivity index (χ4v) is 3.71. The number of hydrogen-bond donors (Lipinski definition) is 1. The van der Waals surface area contributed by atoms with Crippen LogP contribution in [0.15, 0.2) is 53.7 Å². The molecule has 0 aliphatic carbocycles. The number of nitrogens with one attached hydrogen (secondary N) is 1. The Hall–Kier alpha value is -2.81. The number of carbonyl (C=O) groups excluding carboxylic acids is 1. The summed E-state index contributed by atoms with van der Waals surface area (Å²) in [7, 11) is 1.66. The zero-order valence-electron chi connectivity index (χ0n) is 17.0. The highest BCUT2D eigenvalue weighted by Crippen LogP contribution is 2.27. The molecule has 0 spiro atoms. The smallest absolute Gasteiger partial charge is 0.290 e. The van der Waals surface area contributed by atoms with E-state index in [1.807, 2.05) is 6.07 Å². The third kappa shape index (κ3) is 6.58. The maximum atomic E-state index is 13.0. The number of amides is 1. The summed E-state index contributed by atoms with van der Waals surface area (Å²) < 4.78 is 38.4. The van der Waals surface area contributed by atoms with Crippen LogP contribution >= 0.6 is 11.8 Å². The molecule has 3 aromatic rings. The second-order valence-corrected chi connectivity index (χ2v) is 8.04. The molecule has 0 bridgehead atoms. The third-order valence-electron chi connectivity index (χ3n) is 4.76. The molecule has 9 heteroatoms. The van der Waals surface area contributed by atoms with Crippen LogP contribution in [0.25, 0.3) is 11.3 Å². The van der Waals surface area contributed by atoms with Crippen LogP contribution in [-0.2, 0) is 6.42 Å². The van der Waals surface area contributed by atoms with Crippen molar-refractivity contribution in [3.05, 3.63) is 65.7 Å². The van der Waals surface area contributed by atoms with Crippen molar-refractivity contribution in [3.8, 4) is 11.3 Å². The van der Waals surface area contributed by atoms with E-state index in [0.29, 0.717) is 6.54 Å². The van der Waals surface area contributed by atoms with Crippen LogP contribution in [-0.4, -0.2) is 45.3 Å². The summed E-state index contributed by atoms with van der Waals surface area (Å²) in [5.41, 5.74) is 2.81. The Kier molecular flexibility index (Phi) is 8.11. The largest absolute Gasteiger partial charge is 0.342 e. The molecule has 1 aromatic carbocycles. The molecule has 1 N–H and O–H groups in total. The number of H-pyrrole nitrogens is 1. The summed E-state index contributed by atoms with van der Waals surface area (Å²) in [4.78, 5) is 18.0. The first kappa shape index (κ1) is 22.9. The van der Waals surface area contributed by atoms with Crippen molar-refractivity contribution in [2.75, 3.05) is 13.6 Å². The Morgan fingerprint density at radius 3 is 2.68 bits per heavy atom. The van der Waals surface area contributed by atoms with Crippen LogP contribution in [0.2, 0.25) is 0 Å². The zero-order valence-corrected chi connectivity index (χ0v) is 17.8. The molecule has 164 valence electrons. The lowest BCUT2D eigenvalue weighted by atomic mass is 10.1. The lowest BCUT2D eigenvalue weighted by molar-refractivity contribution is 0.0788. The van der Waals surface area contributed by atoms with Gasteiger partial charge in [0.05, 0.1) is 11.3 Å². The number of pyridine rings is 1. The molecular weight excluding hydrogens is 425 g/mol. The van der Waals surface area contributed by atoms with Crippen molar-refractivity contribution in [2.24, 2.45) is 0 Å². The molecular formula is C22H23F3N4OS. The molecule has 0 aliphatic heterocycles. The average molecular weight is 449 g/mol. The quantitative estimate of drug-likeness (QED) is 0.333. The number of aryl methyl sites for hydroxylation is 1. The number of unbranched alkanes of at least 4 members (excludes halogenated alkanes) is 2. The minimum Gasteiger partial charge on any atom is -0.342 e. The van der Waals surface area contributed by atoms with E-state index in [1.54, 1.807) is 25.2 Å². The van der Waals surface area contributed by atoms with Gasteiger partial charge in [0.1, 0.15) is 10.8 Å². The molecule has 0 saturated heterocycles. The van der Waals surface area contributed by atoms with Gasteiger partial charge < -0.3 is 4.90 Å². The average Bonchev–Trinajstić information content (AvgIpc) is 3.22. The number of alkyl halides is 2. The molecule has 3 rings (SSSR count). The molecule has 0 saturated carbocycles. The fraction of sp³-hybridized carbons (Fsp3) is 0.318. The first-order chi connectivity index (χ1) is 14.9. The molecule has 31 heavy (non-hydrogen) atoms. The van der Waals surface area contributed by atoms with Gasteiger partial charge in [0.25, 0.3) is 11.7 Å². The predicted molar refractivity (Wildman–Crippen MR) is 115 cm³/mol. The Morgan fingerprint density at radius 1 is 1.16 bits per heavy atom. The van der Waals surface area contributed by atoms with Gasteiger partial charge in [-0.25, -0.2) is 9.37 Å². The number of thioether (sulfide) groups is 1. The number of benzene rings is 1. The highest BCUT2D eigenvalue weighted by Gasteiger charge is 2.19. The van der Waals surface area contributed by atoms with Crippen molar-refractivity contribution in [1.29, 1.82) is 0 Å². The Balaban J connectivity index is 1.43. The topological polar surface area (TPSA) is 61.9 Å². The maximum absolute atomic E-state index is 13.0. The van der Waals surface area contributed by atoms with E-state index in [9.17, 15) is 18.0 Å². The Labute approximate surface area is 183 Å². The fourth-order valence-electron chi connectivity index (χ4n) is 3.14. The van der Waals surface area contributed by atoms with Gasteiger partial charge in [0.2, 0.25) is 0 Å². The van der Waals surface area contributed by atoms with Crippen LogP contribution < -0.4 is 0 Å². The number of nitrogens with zero attached hydrogens (tertiary/aromatic N) is 3. The first-order valence-electron chi connectivity index (χ1n) is 9.89. The molecule has 0 atom stereocenters. The molecule has 2 aromatic heterocycles. The standard InChI is InChI=1S/C22H23F3N4OS/c1-29(21(30)18-7-5-12-26-20(18)31-22(24)25)13-4-2-3-6-17-14-19(28-27-17)15-8-10-16(23)11-9-15/h5,7-12,14,22H,2-4,6,13H2,1H3,(H,27,28). The summed E-state index contributed by atoms with van der Waals surface area (Å²) in [5, 5.41) is 7.32. The van der Waals surface area contributed by atoms with E-state index >= 15 is 0 Å². The van der Waals surface area contributed by atoms with Gasteiger partial charge in [-0.2, -0.15) is 13.9 Å². The van der Waals surface area contributed by atoms with Crippen molar-refractivity contribution in [2.45, 2.75) is 36.5 Å². The highest BCUT2D eigenvalue weighted by atomic mass is 32.2. The number of aromatic nitrogens is 3. The zero-order chi connectivity index (χ0) is 22.2. The minimum atomic E-state index is -2.63. The van der Waals surface area contributed by atoms with E-state index in [-0.39, 0.29) is 34.1 Å². The summed E-state index contributed by atoms with van der Waals surface area (Å²) in [5.74, 6) is -3.22. The molecule has 0 aliphatic rings. The van der Waals surface area contributed by atoms with Crippen LogP contribution in [0.3, 0.4) is 0 Å². The van der Waals surface area contributed by atoms with Crippen molar-refractivity contribution in [1.82, 2.24) is 20.1 Å². The lowest BCUT2D eigenvalue weighted by Gasteiger charge is -2.18. The Morgan fingerprint density at radius 2 is 1.94 bits per heavy atom. The number of carbonyl (C=O) groups is 1.